The molecule has 9 heteroatoms. The van der Waals surface area contributed by atoms with E-state index in [0.29, 0.717) is 22.8 Å². The lowest BCUT2D eigenvalue weighted by atomic mass is 10.2. The van der Waals surface area contributed by atoms with Gasteiger partial charge in [0.1, 0.15) is 11.3 Å². The molecule has 21 heavy (non-hydrogen) atoms. The highest BCUT2D eigenvalue weighted by atomic mass is 32.2. The van der Waals surface area contributed by atoms with E-state index in [2.05, 4.69) is 20.0 Å². The smallest absolute Gasteiger partial charge is 0.211 e. The monoisotopic (exact) mass is 323 g/mol. The Kier molecular flexibility index (Phi) is 3.70. The van der Waals surface area contributed by atoms with Crippen LogP contribution in [0, 0.1) is 6.92 Å². The molecular formula is C12H13N5O2S2. The number of hydrogen-bond donors (Lipinski definition) is 1. The van der Waals surface area contributed by atoms with Crippen molar-refractivity contribution in [1.82, 2.24) is 24.5 Å². The maximum Gasteiger partial charge on any atom is 0.240 e. The Bertz CT molecular complexity index is 840. The van der Waals surface area contributed by atoms with E-state index in [-0.39, 0.29) is 0 Å². The molecule has 0 unspecified atom stereocenters. The Labute approximate surface area is 125 Å². The summed E-state index contributed by atoms with van der Waals surface area (Å²) >= 11 is 1.40. The summed E-state index contributed by atoms with van der Waals surface area (Å²) in [7, 11) is -3.49. The molecule has 0 spiro atoms. The van der Waals surface area contributed by atoms with Crippen LogP contribution in [0.15, 0.2) is 35.5 Å². The molecule has 0 aliphatic heterocycles. The number of hydrogen-bond acceptors (Lipinski definition) is 6. The summed E-state index contributed by atoms with van der Waals surface area (Å²) in [5.41, 5.74) is 0.726. The second-order valence-electron chi connectivity index (χ2n) is 4.47. The Morgan fingerprint density at radius 3 is 2.90 bits per heavy atom. The maximum absolute atomic E-state index is 12.2. The van der Waals surface area contributed by atoms with Crippen LogP contribution in [0.1, 0.15) is 10.6 Å². The first kappa shape index (κ1) is 14.1. The van der Waals surface area contributed by atoms with Crippen LogP contribution in [-0.2, 0) is 16.4 Å². The summed E-state index contributed by atoms with van der Waals surface area (Å²) in [5, 5.41) is 12.7. The molecular weight excluding hydrogens is 310 g/mol. The first-order chi connectivity index (χ1) is 10.1. The van der Waals surface area contributed by atoms with Gasteiger partial charge in [0.25, 0.3) is 0 Å². The van der Waals surface area contributed by atoms with Gasteiger partial charge < -0.3 is 0 Å². The number of aryl methyl sites for hydroxylation is 1. The van der Waals surface area contributed by atoms with E-state index in [0.717, 1.165) is 10.6 Å². The molecule has 0 saturated carbocycles. The number of nitrogens with one attached hydrogen (secondary N) is 1. The molecule has 0 saturated heterocycles. The van der Waals surface area contributed by atoms with Crippen molar-refractivity contribution in [3.8, 4) is 0 Å². The SMILES string of the molecule is Cc1ccccc1S(=O)(=O)NCCc1nn2cnnc2s1. The topological polar surface area (TPSA) is 89.2 Å². The summed E-state index contributed by atoms with van der Waals surface area (Å²) < 4.78 is 28.6. The van der Waals surface area contributed by atoms with E-state index in [1.807, 2.05) is 6.07 Å². The van der Waals surface area contributed by atoms with Gasteiger partial charge in [-0.15, -0.1) is 10.2 Å². The van der Waals surface area contributed by atoms with Gasteiger partial charge in [0, 0.05) is 13.0 Å². The molecule has 2 heterocycles. The molecule has 0 radical (unpaired) electrons. The normalized spacial score (nSPS) is 12.0. The molecule has 110 valence electrons. The third-order valence-electron chi connectivity index (χ3n) is 2.94. The molecule has 2 aromatic heterocycles. The molecule has 3 aromatic rings. The first-order valence-corrected chi connectivity index (χ1v) is 8.57. The van der Waals surface area contributed by atoms with Gasteiger partial charge >= 0.3 is 0 Å². The number of fused-ring (bicyclic) bond motifs is 1. The van der Waals surface area contributed by atoms with Gasteiger partial charge in [-0.2, -0.15) is 9.61 Å². The Hall–Kier alpha value is -1.84. The first-order valence-electron chi connectivity index (χ1n) is 6.27. The van der Waals surface area contributed by atoms with Crippen LogP contribution in [0.2, 0.25) is 0 Å². The van der Waals surface area contributed by atoms with Gasteiger partial charge in [-0.1, -0.05) is 29.5 Å². The molecule has 0 amide bonds. The Balaban J connectivity index is 1.67. The van der Waals surface area contributed by atoms with E-state index >= 15 is 0 Å². The summed E-state index contributed by atoms with van der Waals surface area (Å²) in [6.07, 6.45) is 2.03. The Morgan fingerprint density at radius 2 is 2.14 bits per heavy atom. The zero-order valence-electron chi connectivity index (χ0n) is 11.2. The van der Waals surface area contributed by atoms with E-state index < -0.39 is 10.0 Å². The molecule has 3 rings (SSSR count). The van der Waals surface area contributed by atoms with Crippen LogP contribution in [0.5, 0.6) is 0 Å². The number of rotatable bonds is 5. The van der Waals surface area contributed by atoms with Crippen LogP contribution >= 0.6 is 11.3 Å². The number of aromatic nitrogens is 4. The second kappa shape index (κ2) is 5.51. The van der Waals surface area contributed by atoms with Crippen LogP contribution < -0.4 is 4.72 Å². The van der Waals surface area contributed by atoms with Crippen molar-refractivity contribution in [3.63, 3.8) is 0 Å². The van der Waals surface area contributed by atoms with E-state index in [4.69, 9.17) is 0 Å². The summed E-state index contributed by atoms with van der Waals surface area (Å²) in [5.74, 6) is 0. The highest BCUT2D eigenvalue weighted by Crippen LogP contribution is 2.15. The van der Waals surface area contributed by atoms with Gasteiger partial charge in [-0.05, 0) is 18.6 Å². The second-order valence-corrected chi connectivity index (χ2v) is 7.24. The van der Waals surface area contributed by atoms with Gasteiger partial charge in [0.2, 0.25) is 15.0 Å². The van der Waals surface area contributed by atoms with Crippen molar-refractivity contribution in [2.45, 2.75) is 18.2 Å². The Morgan fingerprint density at radius 1 is 1.33 bits per heavy atom. The lowest BCUT2D eigenvalue weighted by Crippen LogP contribution is -2.26. The maximum atomic E-state index is 12.2. The molecule has 1 N–H and O–H groups in total. The lowest BCUT2D eigenvalue weighted by molar-refractivity contribution is 0.580. The number of nitrogens with zero attached hydrogens (tertiary/aromatic N) is 4. The molecule has 0 bridgehead atoms. The zero-order chi connectivity index (χ0) is 14.9. The number of sulfonamides is 1. The van der Waals surface area contributed by atoms with Crippen LogP contribution in [0.3, 0.4) is 0 Å². The zero-order valence-corrected chi connectivity index (χ0v) is 12.9. The fourth-order valence-electron chi connectivity index (χ4n) is 1.93. The van der Waals surface area contributed by atoms with Crippen molar-refractivity contribution >= 4 is 26.3 Å². The number of benzene rings is 1. The molecule has 0 aliphatic rings. The average molecular weight is 323 g/mol. The summed E-state index contributed by atoms with van der Waals surface area (Å²) in [6, 6.07) is 6.90. The highest BCUT2D eigenvalue weighted by Gasteiger charge is 2.16. The lowest BCUT2D eigenvalue weighted by Gasteiger charge is -2.08. The van der Waals surface area contributed by atoms with Gasteiger partial charge in [0.15, 0.2) is 0 Å². The van der Waals surface area contributed by atoms with Gasteiger partial charge in [-0.3, -0.25) is 0 Å². The minimum atomic E-state index is -3.49. The third-order valence-corrected chi connectivity index (χ3v) is 5.54. The molecule has 1 aromatic carbocycles. The predicted molar refractivity (Wildman–Crippen MR) is 78.7 cm³/mol. The predicted octanol–water partition coefficient (Wildman–Crippen LogP) is 1.02. The largest absolute Gasteiger partial charge is 0.240 e. The van der Waals surface area contributed by atoms with E-state index in [1.54, 1.807) is 29.6 Å². The molecule has 0 aliphatic carbocycles. The van der Waals surface area contributed by atoms with Gasteiger partial charge in [-0.25, -0.2) is 13.1 Å². The van der Waals surface area contributed by atoms with Crippen molar-refractivity contribution < 1.29 is 8.42 Å². The summed E-state index contributed by atoms with van der Waals surface area (Å²) in [6.45, 7) is 2.07. The van der Waals surface area contributed by atoms with Crippen molar-refractivity contribution in [3.05, 3.63) is 41.2 Å². The molecule has 0 atom stereocenters. The quantitative estimate of drug-likeness (QED) is 0.757. The van der Waals surface area contributed by atoms with Gasteiger partial charge in [0.05, 0.1) is 4.90 Å². The standard InChI is InChI=1S/C12H13N5O2S2/c1-9-4-2-3-5-10(9)21(18,19)14-7-6-11-16-17-8-13-15-12(17)20-11/h2-5,8,14H,6-7H2,1H3. The minimum absolute atomic E-state index is 0.292. The fraction of sp³-hybridized carbons (Fsp3) is 0.250. The van der Waals surface area contributed by atoms with Crippen LogP contribution in [0.25, 0.3) is 4.96 Å². The molecule has 0 fully saturated rings. The van der Waals surface area contributed by atoms with E-state index in [1.165, 1.54) is 17.7 Å². The third kappa shape index (κ3) is 2.94. The van der Waals surface area contributed by atoms with Crippen LogP contribution in [0.4, 0.5) is 0 Å². The van der Waals surface area contributed by atoms with Crippen molar-refractivity contribution in [2.24, 2.45) is 0 Å². The molecule has 7 nitrogen and oxygen atoms in total. The highest BCUT2D eigenvalue weighted by molar-refractivity contribution is 7.89. The van der Waals surface area contributed by atoms with Crippen molar-refractivity contribution in [1.29, 1.82) is 0 Å². The fourth-order valence-corrected chi connectivity index (χ4v) is 4.02. The minimum Gasteiger partial charge on any atom is -0.211 e. The summed E-state index contributed by atoms with van der Waals surface area (Å²) in [4.78, 5) is 1.01. The van der Waals surface area contributed by atoms with Crippen molar-refractivity contribution in [2.75, 3.05) is 6.54 Å². The van der Waals surface area contributed by atoms with Crippen LogP contribution in [-0.4, -0.2) is 34.8 Å². The van der Waals surface area contributed by atoms with E-state index in [9.17, 15) is 8.42 Å². The average Bonchev–Trinajstić information content (AvgIpc) is 2.99.